The predicted octanol–water partition coefficient (Wildman–Crippen LogP) is 3.35. The van der Waals surface area contributed by atoms with Crippen LogP contribution in [0.5, 0.6) is 0 Å². The summed E-state index contributed by atoms with van der Waals surface area (Å²) in [6.07, 6.45) is 8.19. The van der Waals surface area contributed by atoms with Crippen LogP contribution in [0.4, 0.5) is 0 Å². The van der Waals surface area contributed by atoms with Gasteiger partial charge in [0.05, 0.1) is 5.75 Å². The number of hydrogen-bond acceptors (Lipinski definition) is 4. The summed E-state index contributed by atoms with van der Waals surface area (Å²) in [5.41, 5.74) is 0. The summed E-state index contributed by atoms with van der Waals surface area (Å²) in [4.78, 5) is 12.2. The number of thioether (sulfide) groups is 1. The molecular formula is C16H28N4OS. The number of nitrogens with one attached hydrogen (secondary N) is 1. The minimum Gasteiger partial charge on any atom is -0.353 e. The Balaban J connectivity index is 1.87. The molecule has 1 aromatic heterocycles. The zero-order valence-corrected chi connectivity index (χ0v) is 14.8. The van der Waals surface area contributed by atoms with E-state index >= 15 is 0 Å². The molecule has 0 aliphatic heterocycles. The molecule has 0 aromatic carbocycles. The van der Waals surface area contributed by atoms with Crippen molar-refractivity contribution in [2.75, 3.05) is 5.75 Å². The van der Waals surface area contributed by atoms with Crippen LogP contribution in [-0.4, -0.2) is 32.5 Å². The second-order valence-electron chi connectivity index (χ2n) is 6.26. The number of nitrogens with zero attached hydrogens (tertiary/aromatic N) is 3. The van der Waals surface area contributed by atoms with Gasteiger partial charge in [-0.25, -0.2) is 0 Å². The summed E-state index contributed by atoms with van der Waals surface area (Å²) in [6, 6.07) is 0.683. The topological polar surface area (TPSA) is 59.8 Å². The van der Waals surface area contributed by atoms with E-state index in [4.69, 9.17) is 0 Å². The van der Waals surface area contributed by atoms with E-state index in [1.54, 1.807) is 0 Å². The molecule has 124 valence electrons. The molecule has 0 saturated heterocycles. The van der Waals surface area contributed by atoms with E-state index in [0.717, 1.165) is 30.2 Å². The van der Waals surface area contributed by atoms with E-state index in [-0.39, 0.29) is 5.91 Å². The van der Waals surface area contributed by atoms with E-state index < -0.39 is 0 Å². The average molecular weight is 324 g/mol. The van der Waals surface area contributed by atoms with Crippen molar-refractivity contribution in [3.05, 3.63) is 5.82 Å². The molecule has 1 N–H and O–H groups in total. The van der Waals surface area contributed by atoms with E-state index in [1.165, 1.54) is 37.4 Å². The Kier molecular flexibility index (Phi) is 6.73. The van der Waals surface area contributed by atoms with Gasteiger partial charge in [-0.15, -0.1) is 10.2 Å². The summed E-state index contributed by atoms with van der Waals surface area (Å²) in [7, 11) is 0. The van der Waals surface area contributed by atoms with Gasteiger partial charge in [0, 0.05) is 18.5 Å². The third kappa shape index (κ3) is 4.73. The van der Waals surface area contributed by atoms with Gasteiger partial charge in [-0.3, -0.25) is 4.79 Å². The van der Waals surface area contributed by atoms with Gasteiger partial charge < -0.3 is 9.88 Å². The van der Waals surface area contributed by atoms with Crippen LogP contribution in [-0.2, 0) is 11.2 Å². The second-order valence-corrected chi connectivity index (χ2v) is 7.20. The molecule has 1 aromatic rings. The molecule has 1 heterocycles. The van der Waals surface area contributed by atoms with Gasteiger partial charge in [0.1, 0.15) is 5.82 Å². The molecular weight excluding hydrogens is 296 g/mol. The molecule has 1 fully saturated rings. The van der Waals surface area contributed by atoms with Crippen molar-refractivity contribution in [1.82, 2.24) is 20.1 Å². The van der Waals surface area contributed by atoms with Crippen molar-refractivity contribution in [1.29, 1.82) is 0 Å². The maximum Gasteiger partial charge on any atom is 0.230 e. The molecule has 6 heteroatoms. The number of carbonyl (C=O) groups excluding carboxylic acids is 1. The molecule has 1 amide bonds. The maximum atomic E-state index is 12.2. The SMILES string of the molecule is CCc1nnc(SCC(=O)NC2CCCCCC2)n1C(C)C. The van der Waals surface area contributed by atoms with Crippen LogP contribution >= 0.6 is 11.8 Å². The monoisotopic (exact) mass is 324 g/mol. The lowest BCUT2D eigenvalue weighted by atomic mass is 10.1. The largest absolute Gasteiger partial charge is 0.353 e. The van der Waals surface area contributed by atoms with Crippen LogP contribution in [0.3, 0.4) is 0 Å². The fourth-order valence-corrected chi connectivity index (χ4v) is 3.89. The number of hydrogen-bond donors (Lipinski definition) is 1. The molecule has 1 saturated carbocycles. The van der Waals surface area contributed by atoms with Gasteiger partial charge in [-0.1, -0.05) is 44.4 Å². The fourth-order valence-electron chi connectivity index (χ4n) is 2.99. The minimum absolute atomic E-state index is 0.119. The van der Waals surface area contributed by atoms with Crippen molar-refractivity contribution < 1.29 is 4.79 Å². The highest BCUT2D eigenvalue weighted by molar-refractivity contribution is 7.99. The summed E-state index contributed by atoms with van der Waals surface area (Å²) in [5.74, 6) is 1.53. The number of aryl methyl sites for hydroxylation is 1. The van der Waals surface area contributed by atoms with E-state index in [0.29, 0.717) is 17.8 Å². The van der Waals surface area contributed by atoms with Crippen LogP contribution in [0.1, 0.15) is 71.2 Å². The smallest absolute Gasteiger partial charge is 0.230 e. The van der Waals surface area contributed by atoms with Gasteiger partial charge >= 0.3 is 0 Å². The normalized spacial score (nSPS) is 16.7. The summed E-state index contributed by atoms with van der Waals surface area (Å²) >= 11 is 1.49. The first-order chi connectivity index (χ1) is 10.6. The van der Waals surface area contributed by atoms with Crippen molar-refractivity contribution in [3.63, 3.8) is 0 Å². The molecule has 0 atom stereocenters. The van der Waals surface area contributed by atoms with Crippen molar-refractivity contribution in [2.24, 2.45) is 0 Å². The second kappa shape index (κ2) is 8.56. The van der Waals surface area contributed by atoms with Crippen LogP contribution in [0, 0.1) is 0 Å². The quantitative estimate of drug-likeness (QED) is 0.644. The summed E-state index contributed by atoms with van der Waals surface area (Å²) in [5, 5.41) is 12.5. The fraction of sp³-hybridized carbons (Fsp3) is 0.812. The minimum atomic E-state index is 0.119. The van der Waals surface area contributed by atoms with Gasteiger partial charge in [-0.2, -0.15) is 0 Å². The number of rotatable bonds is 6. The van der Waals surface area contributed by atoms with Crippen LogP contribution in [0.15, 0.2) is 5.16 Å². The lowest BCUT2D eigenvalue weighted by Gasteiger charge is -2.16. The molecule has 22 heavy (non-hydrogen) atoms. The van der Waals surface area contributed by atoms with E-state index in [1.807, 2.05) is 0 Å². The first kappa shape index (κ1) is 17.3. The Morgan fingerprint density at radius 2 is 1.95 bits per heavy atom. The molecule has 0 spiro atoms. The molecule has 0 radical (unpaired) electrons. The Labute approximate surface area is 137 Å². The van der Waals surface area contributed by atoms with E-state index in [9.17, 15) is 4.79 Å². The Bertz CT molecular complexity index is 478. The molecule has 2 rings (SSSR count). The van der Waals surface area contributed by atoms with Crippen LogP contribution in [0.2, 0.25) is 0 Å². The molecule has 0 unspecified atom stereocenters. The van der Waals surface area contributed by atoms with Gasteiger partial charge in [0.15, 0.2) is 5.16 Å². The first-order valence-corrected chi connectivity index (χ1v) is 9.46. The lowest BCUT2D eigenvalue weighted by Crippen LogP contribution is -2.35. The zero-order chi connectivity index (χ0) is 15.9. The van der Waals surface area contributed by atoms with Crippen molar-refractivity contribution in [3.8, 4) is 0 Å². The standard InChI is InChI=1S/C16H28N4OS/c1-4-14-18-19-16(20(14)12(2)3)22-11-15(21)17-13-9-7-5-6-8-10-13/h12-13H,4-11H2,1-3H3,(H,17,21). The van der Waals surface area contributed by atoms with Crippen molar-refractivity contribution in [2.45, 2.75) is 83.0 Å². The summed E-state index contributed by atoms with van der Waals surface area (Å²) in [6.45, 7) is 6.33. The highest BCUT2D eigenvalue weighted by Gasteiger charge is 2.17. The first-order valence-electron chi connectivity index (χ1n) is 8.47. The zero-order valence-electron chi connectivity index (χ0n) is 14.0. The Hall–Kier alpha value is -1.04. The van der Waals surface area contributed by atoms with Gasteiger partial charge in [-0.05, 0) is 26.7 Å². The van der Waals surface area contributed by atoms with Gasteiger partial charge in [0.2, 0.25) is 5.91 Å². The maximum absolute atomic E-state index is 12.2. The lowest BCUT2D eigenvalue weighted by molar-refractivity contribution is -0.119. The van der Waals surface area contributed by atoms with Crippen LogP contribution in [0.25, 0.3) is 0 Å². The Morgan fingerprint density at radius 3 is 2.55 bits per heavy atom. The third-order valence-electron chi connectivity index (χ3n) is 4.12. The van der Waals surface area contributed by atoms with Crippen LogP contribution < -0.4 is 5.32 Å². The summed E-state index contributed by atoms with van der Waals surface area (Å²) < 4.78 is 2.13. The molecule has 5 nitrogen and oxygen atoms in total. The average Bonchev–Trinajstić information content (AvgIpc) is 2.74. The third-order valence-corrected chi connectivity index (χ3v) is 5.06. The predicted molar refractivity (Wildman–Crippen MR) is 90.1 cm³/mol. The molecule has 1 aliphatic rings. The Morgan fingerprint density at radius 1 is 1.27 bits per heavy atom. The highest BCUT2D eigenvalue weighted by atomic mass is 32.2. The van der Waals surface area contributed by atoms with E-state index in [2.05, 4.69) is 40.9 Å². The number of aromatic nitrogens is 3. The molecule has 0 bridgehead atoms. The number of amides is 1. The highest BCUT2D eigenvalue weighted by Crippen LogP contribution is 2.22. The molecule has 1 aliphatic carbocycles. The van der Waals surface area contributed by atoms with Gasteiger partial charge in [0.25, 0.3) is 0 Å². The number of carbonyl (C=O) groups is 1. The van der Waals surface area contributed by atoms with Crippen molar-refractivity contribution >= 4 is 17.7 Å².